The SMILES string of the molecule is N#Cc1ccc(Cn2ccnc2CN2CCNC(=O)C2)cc1. The van der Waals surface area contributed by atoms with Crippen LogP contribution < -0.4 is 5.32 Å². The molecule has 0 unspecified atom stereocenters. The quantitative estimate of drug-likeness (QED) is 0.902. The number of carbonyl (C=O) groups is 1. The summed E-state index contributed by atoms with van der Waals surface area (Å²) >= 11 is 0. The highest BCUT2D eigenvalue weighted by atomic mass is 16.2. The second kappa shape index (κ2) is 6.41. The van der Waals surface area contributed by atoms with Crippen LogP contribution in [0.2, 0.25) is 0 Å². The molecular formula is C16H17N5O. The van der Waals surface area contributed by atoms with E-state index >= 15 is 0 Å². The Morgan fingerprint density at radius 2 is 2.09 bits per heavy atom. The highest BCUT2D eigenvalue weighted by Crippen LogP contribution is 2.10. The minimum absolute atomic E-state index is 0.0662. The first kappa shape index (κ1) is 14.3. The molecule has 0 radical (unpaired) electrons. The van der Waals surface area contributed by atoms with E-state index in [4.69, 9.17) is 5.26 Å². The summed E-state index contributed by atoms with van der Waals surface area (Å²) in [6, 6.07) is 9.67. The third-order valence-corrected chi connectivity index (χ3v) is 3.72. The van der Waals surface area contributed by atoms with Crippen molar-refractivity contribution in [1.82, 2.24) is 19.8 Å². The van der Waals surface area contributed by atoms with Gasteiger partial charge in [0.15, 0.2) is 0 Å². The number of nitrogens with zero attached hydrogens (tertiary/aromatic N) is 4. The largest absolute Gasteiger partial charge is 0.354 e. The number of aromatic nitrogens is 2. The molecule has 6 nitrogen and oxygen atoms in total. The van der Waals surface area contributed by atoms with Gasteiger partial charge < -0.3 is 9.88 Å². The first-order valence-corrected chi connectivity index (χ1v) is 7.23. The molecule has 1 aromatic carbocycles. The molecule has 0 atom stereocenters. The molecule has 1 aliphatic rings. The van der Waals surface area contributed by atoms with Gasteiger partial charge in [-0.2, -0.15) is 5.26 Å². The van der Waals surface area contributed by atoms with Crippen molar-refractivity contribution in [2.45, 2.75) is 13.1 Å². The topological polar surface area (TPSA) is 74.0 Å². The summed E-state index contributed by atoms with van der Waals surface area (Å²) in [5.74, 6) is 1.01. The summed E-state index contributed by atoms with van der Waals surface area (Å²) < 4.78 is 2.08. The maximum Gasteiger partial charge on any atom is 0.234 e. The standard InChI is InChI=1S/C16H17N5O/c17-9-13-1-3-14(4-2-13)10-21-8-6-18-15(21)11-20-7-5-19-16(22)12-20/h1-4,6,8H,5,7,10-12H2,(H,19,22). The molecule has 1 saturated heterocycles. The molecule has 112 valence electrons. The van der Waals surface area contributed by atoms with Crippen LogP contribution in [0.1, 0.15) is 17.0 Å². The van der Waals surface area contributed by atoms with Crippen molar-refractivity contribution in [2.24, 2.45) is 0 Å². The van der Waals surface area contributed by atoms with Crippen LogP contribution in [0.25, 0.3) is 0 Å². The van der Waals surface area contributed by atoms with Gasteiger partial charge in [-0.25, -0.2) is 4.98 Å². The third kappa shape index (κ3) is 3.32. The number of piperazine rings is 1. The average Bonchev–Trinajstić information content (AvgIpc) is 2.95. The Bertz CT molecular complexity index is 698. The molecule has 2 heterocycles. The lowest BCUT2D eigenvalue weighted by atomic mass is 10.1. The van der Waals surface area contributed by atoms with Crippen LogP contribution in [-0.4, -0.2) is 40.0 Å². The van der Waals surface area contributed by atoms with Crippen molar-refractivity contribution in [3.05, 3.63) is 53.6 Å². The van der Waals surface area contributed by atoms with E-state index in [0.29, 0.717) is 31.7 Å². The fourth-order valence-electron chi connectivity index (χ4n) is 2.54. The second-order valence-corrected chi connectivity index (χ2v) is 5.34. The summed E-state index contributed by atoms with van der Waals surface area (Å²) in [7, 11) is 0. The molecule has 22 heavy (non-hydrogen) atoms. The lowest BCUT2D eigenvalue weighted by Crippen LogP contribution is -2.47. The predicted octanol–water partition coefficient (Wildman–Crippen LogP) is 0.735. The molecule has 0 saturated carbocycles. The number of rotatable bonds is 4. The third-order valence-electron chi connectivity index (χ3n) is 3.72. The lowest BCUT2D eigenvalue weighted by molar-refractivity contribution is -0.124. The molecule has 1 fully saturated rings. The Kier molecular flexibility index (Phi) is 4.17. The van der Waals surface area contributed by atoms with Gasteiger partial charge in [0.05, 0.1) is 24.7 Å². The molecule has 3 rings (SSSR count). The highest BCUT2D eigenvalue weighted by molar-refractivity contribution is 5.78. The van der Waals surface area contributed by atoms with Crippen LogP contribution in [0.4, 0.5) is 0 Å². The number of amides is 1. The molecule has 1 aliphatic heterocycles. The van der Waals surface area contributed by atoms with Gasteiger partial charge in [0.1, 0.15) is 5.82 Å². The van der Waals surface area contributed by atoms with E-state index in [9.17, 15) is 4.79 Å². The average molecular weight is 295 g/mol. The zero-order valence-corrected chi connectivity index (χ0v) is 12.2. The maximum absolute atomic E-state index is 11.4. The van der Waals surface area contributed by atoms with Crippen molar-refractivity contribution in [3.63, 3.8) is 0 Å². The normalized spacial score (nSPS) is 15.3. The van der Waals surface area contributed by atoms with E-state index < -0.39 is 0 Å². The Morgan fingerprint density at radius 3 is 2.82 bits per heavy atom. The lowest BCUT2D eigenvalue weighted by Gasteiger charge is -2.26. The van der Waals surface area contributed by atoms with Gasteiger partial charge in [-0.3, -0.25) is 9.69 Å². The molecule has 0 spiro atoms. The van der Waals surface area contributed by atoms with Crippen LogP contribution in [0.5, 0.6) is 0 Å². The fourth-order valence-corrected chi connectivity index (χ4v) is 2.54. The van der Waals surface area contributed by atoms with Crippen molar-refractivity contribution in [3.8, 4) is 6.07 Å². The van der Waals surface area contributed by atoms with E-state index in [1.807, 2.05) is 30.5 Å². The van der Waals surface area contributed by atoms with Crippen LogP contribution in [0, 0.1) is 11.3 Å². The Labute approximate surface area is 129 Å². The van der Waals surface area contributed by atoms with Gasteiger partial charge in [0, 0.05) is 32.0 Å². The Balaban J connectivity index is 1.68. The number of benzene rings is 1. The number of nitriles is 1. The zero-order chi connectivity index (χ0) is 15.4. The number of imidazole rings is 1. The van der Waals surface area contributed by atoms with Gasteiger partial charge in [-0.1, -0.05) is 12.1 Å². The minimum Gasteiger partial charge on any atom is -0.354 e. The summed E-state index contributed by atoms with van der Waals surface area (Å²) in [4.78, 5) is 17.9. The van der Waals surface area contributed by atoms with E-state index in [1.54, 1.807) is 6.20 Å². The molecular weight excluding hydrogens is 278 g/mol. The minimum atomic E-state index is 0.0662. The molecule has 2 aromatic rings. The Morgan fingerprint density at radius 1 is 1.27 bits per heavy atom. The van der Waals surface area contributed by atoms with Gasteiger partial charge in [-0.05, 0) is 17.7 Å². The van der Waals surface area contributed by atoms with Crippen LogP contribution in [-0.2, 0) is 17.9 Å². The molecule has 1 amide bonds. The van der Waals surface area contributed by atoms with Crippen LogP contribution in [0.3, 0.4) is 0 Å². The summed E-state index contributed by atoms with van der Waals surface area (Å²) in [5.41, 5.74) is 1.78. The second-order valence-electron chi connectivity index (χ2n) is 5.34. The predicted molar refractivity (Wildman–Crippen MR) is 80.8 cm³/mol. The van der Waals surface area contributed by atoms with Crippen LogP contribution >= 0.6 is 0 Å². The molecule has 1 aromatic heterocycles. The number of carbonyl (C=O) groups excluding carboxylic acids is 1. The zero-order valence-electron chi connectivity index (χ0n) is 12.2. The molecule has 0 bridgehead atoms. The summed E-state index contributed by atoms with van der Waals surface area (Å²) in [6.45, 7) is 3.33. The maximum atomic E-state index is 11.4. The van der Waals surface area contributed by atoms with Crippen molar-refractivity contribution < 1.29 is 4.79 Å². The van der Waals surface area contributed by atoms with E-state index in [-0.39, 0.29) is 5.91 Å². The summed E-state index contributed by atoms with van der Waals surface area (Å²) in [6.07, 6.45) is 3.72. The van der Waals surface area contributed by atoms with Gasteiger partial charge >= 0.3 is 0 Å². The number of hydrogen-bond donors (Lipinski definition) is 1. The van der Waals surface area contributed by atoms with E-state index in [2.05, 4.69) is 25.8 Å². The van der Waals surface area contributed by atoms with Gasteiger partial charge in [0.2, 0.25) is 5.91 Å². The smallest absolute Gasteiger partial charge is 0.234 e. The number of nitrogens with one attached hydrogen (secondary N) is 1. The van der Waals surface area contributed by atoms with Crippen LogP contribution in [0.15, 0.2) is 36.7 Å². The highest BCUT2D eigenvalue weighted by Gasteiger charge is 2.17. The van der Waals surface area contributed by atoms with Gasteiger partial charge in [-0.15, -0.1) is 0 Å². The fraction of sp³-hybridized carbons (Fsp3) is 0.312. The van der Waals surface area contributed by atoms with Gasteiger partial charge in [0.25, 0.3) is 0 Å². The number of hydrogen-bond acceptors (Lipinski definition) is 4. The molecule has 1 N–H and O–H groups in total. The van der Waals surface area contributed by atoms with Crippen molar-refractivity contribution >= 4 is 5.91 Å². The molecule has 0 aliphatic carbocycles. The Hall–Kier alpha value is -2.65. The van der Waals surface area contributed by atoms with Crippen molar-refractivity contribution in [2.75, 3.05) is 19.6 Å². The monoisotopic (exact) mass is 295 g/mol. The summed E-state index contributed by atoms with van der Waals surface area (Å²) in [5, 5.41) is 11.7. The van der Waals surface area contributed by atoms with E-state index in [0.717, 1.165) is 17.9 Å². The van der Waals surface area contributed by atoms with E-state index in [1.165, 1.54) is 0 Å². The van der Waals surface area contributed by atoms with Crippen molar-refractivity contribution in [1.29, 1.82) is 5.26 Å². The first-order valence-electron chi connectivity index (χ1n) is 7.23. The first-order chi connectivity index (χ1) is 10.7. The molecule has 6 heteroatoms.